The molecule has 0 amide bonds. The van der Waals surface area contributed by atoms with Crippen molar-refractivity contribution in [1.29, 1.82) is 0 Å². The van der Waals surface area contributed by atoms with Crippen LogP contribution in [0.15, 0.2) is 0 Å². The third-order valence-electron chi connectivity index (χ3n) is 1.61. The number of rotatable bonds is 5. The highest BCUT2D eigenvalue weighted by Crippen LogP contribution is 2.06. The monoisotopic (exact) mass is 165 g/mol. The van der Waals surface area contributed by atoms with Gasteiger partial charge in [0.25, 0.3) is 0 Å². The molecule has 0 aromatic carbocycles. The summed E-state index contributed by atoms with van der Waals surface area (Å²) in [6.07, 6.45) is -0.117. The zero-order chi connectivity index (χ0) is 8.04. The minimum Gasteiger partial charge on any atom is -0.415 e. The smallest absolute Gasteiger partial charge is 0.243 e. The lowest BCUT2D eigenvalue weighted by molar-refractivity contribution is 0.253. The standard InChI is InChI=1S/C5H15NO3Si/c1-9-10(4-7,5-8)3-2-6/h7-8H,2-6H2,1H3. The zero-order valence-electron chi connectivity index (χ0n) is 6.21. The second kappa shape index (κ2) is 4.81. The molecule has 0 heterocycles. The van der Waals surface area contributed by atoms with Crippen LogP contribution in [0.4, 0.5) is 0 Å². The van der Waals surface area contributed by atoms with Gasteiger partial charge in [-0.2, -0.15) is 0 Å². The summed E-state index contributed by atoms with van der Waals surface area (Å²) in [6, 6.07) is 0.608. The van der Waals surface area contributed by atoms with E-state index in [0.29, 0.717) is 12.6 Å². The van der Waals surface area contributed by atoms with Gasteiger partial charge in [-0.1, -0.05) is 0 Å². The van der Waals surface area contributed by atoms with E-state index in [9.17, 15) is 0 Å². The number of aliphatic hydroxyl groups is 2. The van der Waals surface area contributed by atoms with Gasteiger partial charge in [0.2, 0.25) is 8.32 Å². The van der Waals surface area contributed by atoms with Crippen LogP contribution in [-0.2, 0) is 4.43 Å². The molecule has 0 saturated carbocycles. The van der Waals surface area contributed by atoms with Crippen LogP contribution in [0.3, 0.4) is 0 Å². The Bertz CT molecular complexity index is 78.7. The van der Waals surface area contributed by atoms with Crippen LogP contribution in [0.2, 0.25) is 6.04 Å². The predicted molar refractivity (Wildman–Crippen MR) is 40.8 cm³/mol. The molecular weight excluding hydrogens is 150 g/mol. The van der Waals surface area contributed by atoms with Crippen molar-refractivity contribution in [2.75, 3.05) is 26.1 Å². The lowest BCUT2D eigenvalue weighted by atomic mass is 10.8. The van der Waals surface area contributed by atoms with E-state index in [1.54, 1.807) is 0 Å². The summed E-state index contributed by atoms with van der Waals surface area (Å²) < 4.78 is 5.04. The third-order valence-corrected chi connectivity index (χ3v) is 4.83. The molecule has 62 valence electrons. The maximum atomic E-state index is 8.83. The highest BCUT2D eigenvalue weighted by molar-refractivity contribution is 6.73. The molecule has 0 rings (SSSR count). The molecule has 0 unspecified atom stereocenters. The van der Waals surface area contributed by atoms with E-state index in [1.807, 2.05) is 0 Å². The predicted octanol–water partition coefficient (Wildman–Crippen LogP) is -1.40. The fraction of sp³-hybridized carbons (Fsp3) is 1.00. The van der Waals surface area contributed by atoms with E-state index in [4.69, 9.17) is 20.4 Å². The Morgan fingerprint density at radius 2 is 1.90 bits per heavy atom. The number of aliphatic hydroxyl groups excluding tert-OH is 2. The van der Waals surface area contributed by atoms with Gasteiger partial charge in [0.05, 0.1) is 12.5 Å². The highest BCUT2D eigenvalue weighted by Gasteiger charge is 2.31. The average Bonchev–Trinajstić information content (AvgIpc) is 2.01. The Labute approximate surface area is 61.7 Å². The fourth-order valence-corrected chi connectivity index (χ4v) is 2.11. The topological polar surface area (TPSA) is 75.7 Å². The maximum absolute atomic E-state index is 8.83. The molecule has 5 heteroatoms. The molecule has 0 saturated heterocycles. The van der Waals surface area contributed by atoms with Crippen molar-refractivity contribution < 1.29 is 14.6 Å². The molecule has 0 spiro atoms. The largest absolute Gasteiger partial charge is 0.415 e. The fourth-order valence-electron chi connectivity index (χ4n) is 0.702. The van der Waals surface area contributed by atoms with Crippen molar-refractivity contribution >= 4 is 8.32 Å². The van der Waals surface area contributed by atoms with Crippen molar-refractivity contribution in [3.05, 3.63) is 0 Å². The van der Waals surface area contributed by atoms with Gasteiger partial charge in [0.15, 0.2) is 0 Å². The molecule has 4 N–H and O–H groups in total. The highest BCUT2D eigenvalue weighted by atomic mass is 28.4. The molecule has 0 aliphatic heterocycles. The zero-order valence-corrected chi connectivity index (χ0v) is 7.21. The first-order valence-electron chi connectivity index (χ1n) is 3.21. The average molecular weight is 165 g/mol. The molecule has 0 aromatic heterocycles. The first-order chi connectivity index (χ1) is 4.74. The summed E-state index contributed by atoms with van der Waals surface area (Å²) in [7, 11) is -0.723. The number of hydrogen-bond donors (Lipinski definition) is 3. The molecule has 0 bridgehead atoms. The van der Waals surface area contributed by atoms with Gasteiger partial charge in [-0.25, -0.2) is 0 Å². The summed E-state index contributed by atoms with van der Waals surface area (Å²) in [4.78, 5) is 0. The van der Waals surface area contributed by atoms with E-state index in [2.05, 4.69) is 0 Å². The molecule has 0 aliphatic rings. The van der Waals surface area contributed by atoms with Gasteiger partial charge < -0.3 is 20.4 Å². The molecule has 0 fully saturated rings. The second-order valence-corrected chi connectivity index (χ2v) is 6.15. The summed E-state index contributed by atoms with van der Waals surface area (Å²) >= 11 is 0. The van der Waals surface area contributed by atoms with Crippen molar-refractivity contribution in [1.82, 2.24) is 0 Å². The Kier molecular flexibility index (Phi) is 4.84. The molecule has 0 aliphatic carbocycles. The SMILES string of the molecule is CO[Si](CO)(CO)CCN. The van der Waals surface area contributed by atoms with E-state index in [-0.39, 0.29) is 12.5 Å². The molecule has 0 aromatic rings. The summed E-state index contributed by atoms with van der Waals surface area (Å²) in [5, 5.41) is 17.7. The van der Waals surface area contributed by atoms with Crippen molar-refractivity contribution in [2.24, 2.45) is 5.73 Å². The van der Waals surface area contributed by atoms with Gasteiger partial charge in [0, 0.05) is 7.11 Å². The normalized spacial score (nSPS) is 12.0. The second-order valence-electron chi connectivity index (χ2n) is 2.24. The van der Waals surface area contributed by atoms with Gasteiger partial charge in [-0.3, -0.25) is 0 Å². The van der Waals surface area contributed by atoms with Crippen LogP contribution in [-0.4, -0.2) is 44.6 Å². The van der Waals surface area contributed by atoms with Crippen LogP contribution in [0.25, 0.3) is 0 Å². The summed E-state index contributed by atoms with van der Waals surface area (Å²) in [5.74, 6) is 0. The van der Waals surface area contributed by atoms with E-state index in [1.165, 1.54) is 7.11 Å². The Hall–Kier alpha value is 0.0569. The molecule has 10 heavy (non-hydrogen) atoms. The molecule has 4 nitrogen and oxygen atoms in total. The Balaban J connectivity index is 3.87. The Morgan fingerprint density at radius 3 is 2.00 bits per heavy atom. The van der Waals surface area contributed by atoms with E-state index in [0.717, 1.165) is 0 Å². The van der Waals surface area contributed by atoms with Gasteiger partial charge in [-0.05, 0) is 12.6 Å². The van der Waals surface area contributed by atoms with E-state index >= 15 is 0 Å². The number of nitrogens with two attached hydrogens (primary N) is 1. The quantitative estimate of drug-likeness (QED) is 0.438. The first kappa shape index (κ1) is 10.1. The van der Waals surface area contributed by atoms with Crippen LogP contribution in [0.5, 0.6) is 0 Å². The van der Waals surface area contributed by atoms with Crippen LogP contribution >= 0.6 is 0 Å². The van der Waals surface area contributed by atoms with Crippen molar-refractivity contribution in [3.8, 4) is 0 Å². The van der Waals surface area contributed by atoms with Crippen LogP contribution in [0, 0.1) is 0 Å². The number of hydrogen-bond acceptors (Lipinski definition) is 4. The van der Waals surface area contributed by atoms with E-state index < -0.39 is 8.32 Å². The lowest BCUT2D eigenvalue weighted by Crippen LogP contribution is -2.47. The Morgan fingerprint density at radius 1 is 1.40 bits per heavy atom. The van der Waals surface area contributed by atoms with Crippen molar-refractivity contribution in [2.45, 2.75) is 6.04 Å². The molecule has 0 radical (unpaired) electrons. The summed E-state index contributed by atoms with van der Waals surface area (Å²) in [6.45, 7) is 0.460. The summed E-state index contributed by atoms with van der Waals surface area (Å²) in [5.41, 5.74) is 5.27. The third kappa shape index (κ3) is 2.35. The molecule has 0 atom stereocenters. The maximum Gasteiger partial charge on any atom is 0.243 e. The minimum absolute atomic E-state index is 0.0583. The van der Waals surface area contributed by atoms with Crippen molar-refractivity contribution in [3.63, 3.8) is 0 Å². The first-order valence-corrected chi connectivity index (χ1v) is 5.74. The van der Waals surface area contributed by atoms with Crippen LogP contribution in [0.1, 0.15) is 0 Å². The molecular formula is C5H15NO3Si. The van der Waals surface area contributed by atoms with Gasteiger partial charge in [-0.15, -0.1) is 0 Å². The van der Waals surface area contributed by atoms with Crippen LogP contribution < -0.4 is 5.73 Å². The van der Waals surface area contributed by atoms with Gasteiger partial charge in [0.1, 0.15) is 0 Å². The van der Waals surface area contributed by atoms with Gasteiger partial charge >= 0.3 is 0 Å². The lowest BCUT2D eigenvalue weighted by Gasteiger charge is -2.23. The minimum atomic E-state index is -2.23.